The number of hydrogen-bond acceptors (Lipinski definition) is 3. The number of aliphatic carboxylic acids is 1. The second-order valence-corrected chi connectivity index (χ2v) is 3.12. The number of anilines is 1. The number of carboxylic acid groups (broad SMARTS) is 1. The van der Waals surface area contributed by atoms with E-state index in [9.17, 15) is 9.59 Å². The molecule has 17 heavy (non-hydrogen) atoms. The number of carbonyl (C=O) groups is 2. The van der Waals surface area contributed by atoms with Crippen molar-refractivity contribution in [2.24, 2.45) is 0 Å². The lowest BCUT2D eigenvalue weighted by Crippen LogP contribution is -2.08. The van der Waals surface area contributed by atoms with E-state index in [1.807, 2.05) is 6.92 Å². The molecule has 0 saturated heterocycles. The van der Waals surface area contributed by atoms with Crippen molar-refractivity contribution in [2.45, 2.75) is 6.92 Å². The van der Waals surface area contributed by atoms with Crippen molar-refractivity contribution in [2.75, 3.05) is 11.9 Å². The highest BCUT2D eigenvalue weighted by molar-refractivity contribution is 6.02. The predicted octanol–water partition coefficient (Wildman–Crippen LogP) is 1.66. The van der Waals surface area contributed by atoms with Gasteiger partial charge in [-0.25, -0.2) is 4.79 Å². The minimum absolute atomic E-state index is 0.499. The number of ether oxygens (including phenoxy) is 1. The van der Waals surface area contributed by atoms with Crippen LogP contribution >= 0.6 is 0 Å². The van der Waals surface area contributed by atoms with Crippen LogP contribution in [0, 0.1) is 0 Å². The molecule has 1 amide bonds. The molecule has 0 spiro atoms. The van der Waals surface area contributed by atoms with Crippen LogP contribution in [0.5, 0.6) is 5.75 Å². The van der Waals surface area contributed by atoms with Gasteiger partial charge in [0.2, 0.25) is 5.91 Å². The molecule has 0 aliphatic rings. The van der Waals surface area contributed by atoms with Gasteiger partial charge in [-0.2, -0.15) is 0 Å². The minimum atomic E-state index is -1.16. The molecule has 0 fully saturated rings. The first-order chi connectivity index (χ1) is 8.11. The molecule has 0 heterocycles. The SMILES string of the molecule is CCOc1cccc(NC(=O)C=CC(=O)O)c1. The van der Waals surface area contributed by atoms with E-state index in [1.165, 1.54) is 0 Å². The van der Waals surface area contributed by atoms with Crippen molar-refractivity contribution in [3.8, 4) is 5.75 Å². The summed E-state index contributed by atoms with van der Waals surface area (Å²) in [7, 11) is 0. The number of nitrogens with one attached hydrogen (secondary N) is 1. The van der Waals surface area contributed by atoms with E-state index in [1.54, 1.807) is 24.3 Å². The van der Waals surface area contributed by atoms with Crippen LogP contribution in [0.4, 0.5) is 5.69 Å². The van der Waals surface area contributed by atoms with Crippen molar-refractivity contribution >= 4 is 17.6 Å². The van der Waals surface area contributed by atoms with Crippen LogP contribution in [0.15, 0.2) is 36.4 Å². The molecule has 0 aliphatic carbocycles. The van der Waals surface area contributed by atoms with Crippen LogP contribution in [0.1, 0.15) is 6.92 Å². The van der Waals surface area contributed by atoms with Crippen molar-refractivity contribution < 1.29 is 19.4 Å². The van der Waals surface area contributed by atoms with Gasteiger partial charge in [-0.1, -0.05) is 6.07 Å². The number of carboxylic acids is 1. The molecule has 2 N–H and O–H groups in total. The highest BCUT2D eigenvalue weighted by Crippen LogP contribution is 2.17. The molecule has 0 saturated carbocycles. The fourth-order valence-electron chi connectivity index (χ4n) is 1.16. The van der Waals surface area contributed by atoms with Gasteiger partial charge < -0.3 is 15.2 Å². The van der Waals surface area contributed by atoms with E-state index < -0.39 is 11.9 Å². The molecule has 90 valence electrons. The molecule has 0 aromatic heterocycles. The van der Waals surface area contributed by atoms with Crippen LogP contribution in [0.2, 0.25) is 0 Å². The third-order valence-corrected chi connectivity index (χ3v) is 1.79. The highest BCUT2D eigenvalue weighted by atomic mass is 16.5. The van der Waals surface area contributed by atoms with E-state index in [0.29, 0.717) is 18.0 Å². The zero-order chi connectivity index (χ0) is 12.7. The van der Waals surface area contributed by atoms with Gasteiger partial charge in [-0.3, -0.25) is 4.79 Å². The first-order valence-corrected chi connectivity index (χ1v) is 5.06. The molecule has 5 nitrogen and oxygen atoms in total. The average Bonchev–Trinajstić information content (AvgIpc) is 2.27. The third kappa shape index (κ3) is 4.83. The average molecular weight is 235 g/mol. The number of carbonyl (C=O) groups excluding carboxylic acids is 1. The van der Waals surface area contributed by atoms with Crippen molar-refractivity contribution in [3.63, 3.8) is 0 Å². The lowest BCUT2D eigenvalue weighted by molar-refractivity contribution is -0.131. The van der Waals surface area contributed by atoms with Gasteiger partial charge in [0.05, 0.1) is 6.61 Å². The zero-order valence-corrected chi connectivity index (χ0v) is 9.34. The first kappa shape index (κ1) is 12.8. The van der Waals surface area contributed by atoms with Gasteiger partial charge in [0.25, 0.3) is 0 Å². The molecular weight excluding hydrogens is 222 g/mol. The third-order valence-electron chi connectivity index (χ3n) is 1.79. The van der Waals surface area contributed by atoms with E-state index in [2.05, 4.69) is 5.32 Å². The summed E-state index contributed by atoms with van der Waals surface area (Å²) in [6.45, 7) is 2.40. The van der Waals surface area contributed by atoms with Gasteiger partial charge >= 0.3 is 5.97 Å². The normalized spacial score (nSPS) is 10.2. The minimum Gasteiger partial charge on any atom is -0.494 e. The monoisotopic (exact) mass is 235 g/mol. The van der Waals surface area contributed by atoms with Gasteiger partial charge in [-0.15, -0.1) is 0 Å². The maximum atomic E-state index is 11.3. The van der Waals surface area contributed by atoms with Crippen LogP contribution in [-0.4, -0.2) is 23.6 Å². The van der Waals surface area contributed by atoms with E-state index in [-0.39, 0.29) is 0 Å². The Kier molecular flexibility index (Phi) is 4.75. The summed E-state index contributed by atoms with van der Waals surface area (Å²) in [4.78, 5) is 21.5. The maximum Gasteiger partial charge on any atom is 0.328 e. The Balaban J connectivity index is 2.65. The number of rotatable bonds is 5. The molecule has 0 atom stereocenters. The van der Waals surface area contributed by atoms with E-state index >= 15 is 0 Å². The Bertz CT molecular complexity index is 440. The summed E-state index contributed by atoms with van der Waals surface area (Å²) in [5, 5.41) is 10.9. The summed E-state index contributed by atoms with van der Waals surface area (Å²) in [5.41, 5.74) is 0.552. The molecule has 0 unspecified atom stereocenters. The second kappa shape index (κ2) is 6.32. The maximum absolute atomic E-state index is 11.3. The fraction of sp³-hybridized carbons (Fsp3) is 0.167. The number of amides is 1. The number of benzene rings is 1. The van der Waals surface area contributed by atoms with E-state index in [0.717, 1.165) is 12.2 Å². The largest absolute Gasteiger partial charge is 0.494 e. The molecular formula is C12H13NO4. The van der Waals surface area contributed by atoms with Gasteiger partial charge in [-0.05, 0) is 19.1 Å². The fourth-order valence-corrected chi connectivity index (χ4v) is 1.16. The standard InChI is InChI=1S/C12H13NO4/c1-2-17-10-5-3-4-9(8-10)13-11(14)6-7-12(15)16/h3-8H,2H2,1H3,(H,13,14)(H,15,16). The molecule has 1 rings (SSSR count). The Hall–Kier alpha value is -2.30. The predicted molar refractivity (Wildman–Crippen MR) is 63.0 cm³/mol. The Labute approximate surface area is 98.7 Å². The summed E-state index contributed by atoms with van der Waals surface area (Å²) < 4.78 is 5.26. The molecule has 0 radical (unpaired) electrons. The molecule has 1 aromatic rings. The van der Waals surface area contributed by atoms with Crippen molar-refractivity contribution in [3.05, 3.63) is 36.4 Å². The summed E-state index contributed by atoms with van der Waals surface area (Å²) in [5.74, 6) is -1.02. The Morgan fingerprint density at radius 1 is 1.41 bits per heavy atom. The molecule has 1 aromatic carbocycles. The number of hydrogen-bond donors (Lipinski definition) is 2. The van der Waals surface area contributed by atoms with Crippen LogP contribution in [0.25, 0.3) is 0 Å². The van der Waals surface area contributed by atoms with Crippen LogP contribution in [0.3, 0.4) is 0 Å². The molecule has 5 heteroatoms. The smallest absolute Gasteiger partial charge is 0.328 e. The summed E-state index contributed by atoms with van der Waals surface area (Å²) in [6, 6.07) is 6.86. The summed E-state index contributed by atoms with van der Waals surface area (Å²) in [6.07, 6.45) is 1.73. The Morgan fingerprint density at radius 3 is 2.82 bits per heavy atom. The van der Waals surface area contributed by atoms with Crippen molar-refractivity contribution in [1.82, 2.24) is 0 Å². The molecule has 0 bridgehead atoms. The lowest BCUT2D eigenvalue weighted by Gasteiger charge is -2.06. The highest BCUT2D eigenvalue weighted by Gasteiger charge is 2.00. The van der Waals surface area contributed by atoms with E-state index in [4.69, 9.17) is 9.84 Å². The zero-order valence-electron chi connectivity index (χ0n) is 9.34. The summed E-state index contributed by atoms with van der Waals surface area (Å²) >= 11 is 0. The Morgan fingerprint density at radius 2 is 2.18 bits per heavy atom. The lowest BCUT2D eigenvalue weighted by atomic mass is 10.3. The van der Waals surface area contributed by atoms with Crippen LogP contribution in [-0.2, 0) is 9.59 Å². The topological polar surface area (TPSA) is 75.6 Å². The van der Waals surface area contributed by atoms with Gasteiger partial charge in [0, 0.05) is 23.9 Å². The van der Waals surface area contributed by atoms with Crippen LogP contribution < -0.4 is 10.1 Å². The molecule has 0 aliphatic heterocycles. The van der Waals surface area contributed by atoms with Crippen molar-refractivity contribution in [1.29, 1.82) is 0 Å². The van der Waals surface area contributed by atoms with Gasteiger partial charge in [0.15, 0.2) is 0 Å². The first-order valence-electron chi connectivity index (χ1n) is 5.06. The quantitative estimate of drug-likeness (QED) is 0.761. The van der Waals surface area contributed by atoms with Gasteiger partial charge in [0.1, 0.15) is 5.75 Å². The second-order valence-electron chi connectivity index (χ2n) is 3.12.